The number of nitrogens with two attached hydrogens (primary N) is 1. The Labute approximate surface area is 128 Å². The third-order valence-corrected chi connectivity index (χ3v) is 3.75. The van der Waals surface area contributed by atoms with Crippen LogP contribution in [0.5, 0.6) is 0 Å². The summed E-state index contributed by atoms with van der Waals surface area (Å²) in [5.74, 6) is 5.10. The summed E-state index contributed by atoms with van der Waals surface area (Å²) in [6.07, 6.45) is 1.52. The molecular weight excluding hydrogens is 288 g/mol. The molecule has 0 aliphatic rings. The highest BCUT2D eigenvalue weighted by Gasteiger charge is 2.21. The van der Waals surface area contributed by atoms with Crippen LogP contribution in [0.2, 0.25) is 5.02 Å². The summed E-state index contributed by atoms with van der Waals surface area (Å²) in [6.45, 7) is 1.93. The number of aromatic nitrogens is 1. The minimum absolute atomic E-state index is 0.152. The number of halogens is 1. The van der Waals surface area contributed by atoms with Gasteiger partial charge in [0.15, 0.2) is 0 Å². The fourth-order valence-corrected chi connectivity index (χ4v) is 2.28. The van der Waals surface area contributed by atoms with Gasteiger partial charge in [0.05, 0.1) is 17.9 Å². The van der Waals surface area contributed by atoms with Gasteiger partial charge in [0.25, 0.3) is 5.91 Å². The number of hydrogen-bond donors (Lipinski definition) is 2. The summed E-state index contributed by atoms with van der Waals surface area (Å²) in [5, 5.41) is 0.639. The van der Waals surface area contributed by atoms with Crippen LogP contribution in [-0.4, -0.2) is 22.8 Å². The van der Waals surface area contributed by atoms with E-state index in [1.54, 1.807) is 24.1 Å². The summed E-state index contributed by atoms with van der Waals surface area (Å²) in [7, 11) is 1.73. The quantitative estimate of drug-likeness (QED) is 0.673. The summed E-state index contributed by atoms with van der Waals surface area (Å²) in [4.78, 5) is 18.2. The molecule has 1 aromatic carbocycles. The van der Waals surface area contributed by atoms with Crippen molar-refractivity contribution in [3.05, 3.63) is 58.9 Å². The maximum Gasteiger partial charge on any atom is 0.272 e. The molecule has 0 bridgehead atoms. The first kappa shape index (κ1) is 15.3. The largest absolute Gasteiger partial charge is 0.334 e. The number of carbonyl (C=O) groups excluding carboxylic acids is 1. The van der Waals surface area contributed by atoms with Crippen molar-refractivity contribution in [3.8, 4) is 0 Å². The molecule has 2 rings (SSSR count). The van der Waals surface area contributed by atoms with Crippen LogP contribution in [0, 0.1) is 0 Å². The number of pyridine rings is 1. The molecule has 5 nitrogen and oxygen atoms in total. The van der Waals surface area contributed by atoms with Crippen LogP contribution < -0.4 is 11.3 Å². The molecule has 1 amide bonds. The van der Waals surface area contributed by atoms with Gasteiger partial charge < -0.3 is 10.3 Å². The van der Waals surface area contributed by atoms with E-state index in [-0.39, 0.29) is 11.9 Å². The van der Waals surface area contributed by atoms with Crippen molar-refractivity contribution in [1.82, 2.24) is 9.88 Å². The van der Waals surface area contributed by atoms with E-state index in [0.717, 1.165) is 5.56 Å². The van der Waals surface area contributed by atoms with Gasteiger partial charge >= 0.3 is 0 Å². The average molecular weight is 305 g/mol. The SMILES string of the molecule is CC(c1ccccc1Cl)N(C)C(=O)c1ccc(NN)cn1. The summed E-state index contributed by atoms with van der Waals surface area (Å²) in [5.41, 5.74) is 4.38. The van der Waals surface area contributed by atoms with Crippen molar-refractivity contribution in [3.63, 3.8) is 0 Å². The first-order valence-corrected chi connectivity index (χ1v) is 6.86. The molecule has 0 spiro atoms. The van der Waals surface area contributed by atoms with E-state index in [2.05, 4.69) is 10.4 Å². The van der Waals surface area contributed by atoms with E-state index in [1.165, 1.54) is 6.20 Å². The number of hydrogen-bond acceptors (Lipinski definition) is 4. The Bertz CT molecular complexity index is 630. The van der Waals surface area contributed by atoms with Gasteiger partial charge in [-0.1, -0.05) is 29.8 Å². The lowest BCUT2D eigenvalue weighted by Gasteiger charge is -2.25. The Morgan fingerprint density at radius 1 is 1.33 bits per heavy atom. The van der Waals surface area contributed by atoms with E-state index >= 15 is 0 Å². The van der Waals surface area contributed by atoms with Gasteiger partial charge in [0.1, 0.15) is 5.69 Å². The van der Waals surface area contributed by atoms with Gasteiger partial charge in [0.2, 0.25) is 0 Å². The highest BCUT2D eigenvalue weighted by Crippen LogP contribution is 2.27. The molecule has 1 heterocycles. The van der Waals surface area contributed by atoms with E-state index in [1.807, 2.05) is 31.2 Å². The Kier molecular flexibility index (Phi) is 4.77. The van der Waals surface area contributed by atoms with Crippen molar-refractivity contribution < 1.29 is 4.79 Å². The Balaban J connectivity index is 2.20. The van der Waals surface area contributed by atoms with Crippen LogP contribution in [0.25, 0.3) is 0 Å². The summed E-state index contributed by atoms with van der Waals surface area (Å²) >= 11 is 6.18. The second kappa shape index (κ2) is 6.56. The second-order valence-corrected chi connectivity index (χ2v) is 5.10. The van der Waals surface area contributed by atoms with Gasteiger partial charge in [-0.05, 0) is 30.7 Å². The first-order chi connectivity index (χ1) is 10.0. The minimum atomic E-state index is -0.175. The Hall–Kier alpha value is -2.11. The van der Waals surface area contributed by atoms with E-state index in [0.29, 0.717) is 16.4 Å². The Morgan fingerprint density at radius 2 is 2.05 bits per heavy atom. The van der Waals surface area contributed by atoms with Crippen LogP contribution in [0.1, 0.15) is 29.0 Å². The molecular formula is C15H17ClN4O. The standard InChI is InChI=1S/C15H17ClN4O/c1-10(12-5-3-4-6-13(12)16)20(2)15(21)14-8-7-11(19-17)9-18-14/h3-10,19H,17H2,1-2H3. The number of anilines is 1. The summed E-state index contributed by atoms with van der Waals surface area (Å²) in [6, 6.07) is 10.7. The first-order valence-electron chi connectivity index (χ1n) is 6.49. The van der Waals surface area contributed by atoms with Gasteiger partial charge in [-0.3, -0.25) is 10.6 Å². The second-order valence-electron chi connectivity index (χ2n) is 4.69. The van der Waals surface area contributed by atoms with Gasteiger partial charge in [-0.15, -0.1) is 0 Å². The molecule has 0 fully saturated rings. The number of nitrogens with one attached hydrogen (secondary N) is 1. The highest BCUT2D eigenvalue weighted by molar-refractivity contribution is 6.31. The fraction of sp³-hybridized carbons (Fsp3) is 0.200. The number of nitrogens with zero attached hydrogens (tertiary/aromatic N) is 2. The zero-order valence-electron chi connectivity index (χ0n) is 11.9. The zero-order chi connectivity index (χ0) is 15.4. The van der Waals surface area contributed by atoms with E-state index < -0.39 is 0 Å². The average Bonchev–Trinajstić information content (AvgIpc) is 2.53. The topological polar surface area (TPSA) is 71.2 Å². The van der Waals surface area contributed by atoms with Crippen LogP contribution >= 0.6 is 11.6 Å². The molecule has 3 N–H and O–H groups in total. The molecule has 0 saturated heterocycles. The van der Waals surface area contributed by atoms with Crippen molar-refractivity contribution >= 4 is 23.2 Å². The van der Waals surface area contributed by atoms with Gasteiger partial charge in [0, 0.05) is 12.1 Å². The maximum absolute atomic E-state index is 12.4. The van der Waals surface area contributed by atoms with E-state index in [9.17, 15) is 4.79 Å². The molecule has 0 aliphatic carbocycles. The summed E-state index contributed by atoms with van der Waals surface area (Å²) < 4.78 is 0. The fourth-order valence-electron chi connectivity index (χ4n) is 1.98. The highest BCUT2D eigenvalue weighted by atomic mass is 35.5. The lowest BCUT2D eigenvalue weighted by atomic mass is 10.1. The third kappa shape index (κ3) is 3.32. The molecule has 0 aliphatic heterocycles. The maximum atomic E-state index is 12.4. The number of nitrogen functional groups attached to an aromatic ring is 1. The molecule has 110 valence electrons. The van der Waals surface area contributed by atoms with Crippen molar-refractivity contribution in [2.45, 2.75) is 13.0 Å². The van der Waals surface area contributed by atoms with Crippen molar-refractivity contribution in [2.75, 3.05) is 12.5 Å². The van der Waals surface area contributed by atoms with Crippen LogP contribution in [0.4, 0.5) is 5.69 Å². The van der Waals surface area contributed by atoms with Crippen molar-refractivity contribution in [1.29, 1.82) is 0 Å². The van der Waals surface area contributed by atoms with Gasteiger partial charge in [-0.25, -0.2) is 4.98 Å². The van der Waals surface area contributed by atoms with E-state index in [4.69, 9.17) is 17.4 Å². The number of carbonyl (C=O) groups is 1. The molecule has 1 unspecified atom stereocenters. The van der Waals surface area contributed by atoms with Crippen molar-refractivity contribution in [2.24, 2.45) is 5.84 Å². The zero-order valence-corrected chi connectivity index (χ0v) is 12.6. The van der Waals surface area contributed by atoms with Crippen LogP contribution in [0.3, 0.4) is 0 Å². The molecule has 21 heavy (non-hydrogen) atoms. The van der Waals surface area contributed by atoms with Crippen LogP contribution in [0.15, 0.2) is 42.6 Å². The molecule has 6 heteroatoms. The lowest BCUT2D eigenvalue weighted by Crippen LogP contribution is -2.30. The molecule has 1 aromatic heterocycles. The predicted molar refractivity (Wildman–Crippen MR) is 84.0 cm³/mol. The lowest BCUT2D eigenvalue weighted by molar-refractivity contribution is 0.0737. The predicted octanol–water partition coefficient (Wildman–Crippen LogP) is 2.85. The molecule has 0 radical (unpaired) electrons. The minimum Gasteiger partial charge on any atom is -0.334 e. The smallest absolute Gasteiger partial charge is 0.272 e. The molecule has 2 aromatic rings. The third-order valence-electron chi connectivity index (χ3n) is 3.41. The number of hydrazine groups is 1. The monoisotopic (exact) mass is 304 g/mol. The Morgan fingerprint density at radius 3 is 2.62 bits per heavy atom. The number of amides is 1. The normalized spacial score (nSPS) is 11.8. The van der Waals surface area contributed by atoms with Crippen LogP contribution in [-0.2, 0) is 0 Å². The molecule has 1 atom stereocenters. The molecule has 0 saturated carbocycles. The number of rotatable bonds is 4. The number of benzene rings is 1. The van der Waals surface area contributed by atoms with Gasteiger partial charge in [-0.2, -0.15) is 0 Å².